The molecule has 1 heterocycles. The first-order valence-electron chi connectivity index (χ1n) is 6.09. The Morgan fingerprint density at radius 2 is 2.00 bits per heavy atom. The van der Waals surface area contributed by atoms with Crippen molar-refractivity contribution in [1.82, 2.24) is 9.97 Å². The number of halogens is 1. The lowest BCUT2D eigenvalue weighted by Gasteiger charge is -2.14. The maximum absolute atomic E-state index is 5.87. The van der Waals surface area contributed by atoms with Crippen LogP contribution < -0.4 is 10.5 Å². The fourth-order valence-corrected chi connectivity index (χ4v) is 2.13. The molecule has 0 aliphatic rings. The zero-order chi connectivity index (χ0) is 13.8. The van der Waals surface area contributed by atoms with Crippen LogP contribution in [0, 0.1) is 0 Å². The molecule has 2 aromatic rings. The average molecular weight is 322 g/mol. The molecular weight excluding hydrogens is 306 g/mol. The number of ether oxygens (including phenoxy) is 1. The highest BCUT2D eigenvalue weighted by Gasteiger charge is 2.12. The first kappa shape index (κ1) is 14.0. The van der Waals surface area contributed by atoms with Gasteiger partial charge in [0, 0.05) is 23.4 Å². The first-order valence-corrected chi connectivity index (χ1v) is 6.88. The van der Waals surface area contributed by atoms with Crippen LogP contribution >= 0.6 is 15.9 Å². The fraction of sp³-hybridized carbons (Fsp3) is 0.286. The van der Waals surface area contributed by atoms with Crippen LogP contribution in [0.2, 0.25) is 0 Å². The van der Waals surface area contributed by atoms with Gasteiger partial charge in [0.15, 0.2) is 0 Å². The molecule has 2 rings (SSSR count). The second-order valence-corrected chi connectivity index (χ2v) is 5.37. The summed E-state index contributed by atoms with van der Waals surface area (Å²) in [5.74, 6) is 1.60. The maximum atomic E-state index is 5.87. The smallest absolute Gasteiger partial charge is 0.242 e. The zero-order valence-electron chi connectivity index (χ0n) is 10.9. The second kappa shape index (κ2) is 6.12. The topological polar surface area (TPSA) is 61.0 Å². The van der Waals surface area contributed by atoms with E-state index in [0.29, 0.717) is 24.0 Å². The van der Waals surface area contributed by atoms with Gasteiger partial charge in [-0.05, 0) is 29.7 Å². The molecule has 19 heavy (non-hydrogen) atoms. The van der Waals surface area contributed by atoms with Crippen molar-refractivity contribution in [2.75, 3.05) is 0 Å². The first-order chi connectivity index (χ1) is 9.11. The zero-order valence-corrected chi connectivity index (χ0v) is 12.5. The third kappa shape index (κ3) is 3.30. The van der Waals surface area contributed by atoms with Gasteiger partial charge < -0.3 is 10.5 Å². The predicted molar refractivity (Wildman–Crippen MR) is 78.2 cm³/mol. The molecule has 0 spiro atoms. The second-order valence-electron chi connectivity index (χ2n) is 4.45. The van der Waals surface area contributed by atoms with Gasteiger partial charge in [-0.3, -0.25) is 4.98 Å². The summed E-state index contributed by atoms with van der Waals surface area (Å²) in [6.07, 6.45) is 3.21. The minimum atomic E-state index is 0.302. The van der Waals surface area contributed by atoms with E-state index in [1.54, 1.807) is 12.4 Å². The van der Waals surface area contributed by atoms with Gasteiger partial charge in [-0.2, -0.15) is 0 Å². The maximum Gasteiger partial charge on any atom is 0.242 e. The van der Waals surface area contributed by atoms with Crippen LogP contribution in [0.15, 0.2) is 35.1 Å². The van der Waals surface area contributed by atoms with Crippen LogP contribution in [0.4, 0.5) is 0 Å². The van der Waals surface area contributed by atoms with Crippen LogP contribution in [0.5, 0.6) is 11.6 Å². The van der Waals surface area contributed by atoms with E-state index in [0.717, 1.165) is 15.8 Å². The summed E-state index contributed by atoms with van der Waals surface area (Å²) in [7, 11) is 0. The van der Waals surface area contributed by atoms with Crippen molar-refractivity contribution in [3.8, 4) is 11.6 Å². The molecule has 0 radical (unpaired) electrons. The lowest BCUT2D eigenvalue weighted by atomic mass is 10.0. The Kier molecular flexibility index (Phi) is 4.50. The Morgan fingerprint density at radius 1 is 1.26 bits per heavy atom. The van der Waals surface area contributed by atoms with Crippen LogP contribution in [-0.2, 0) is 6.54 Å². The molecule has 5 heteroatoms. The highest BCUT2D eigenvalue weighted by molar-refractivity contribution is 9.10. The molecule has 0 aliphatic carbocycles. The standard InChI is InChI=1S/C14H16BrN3O/c1-9(2)11-7-10(15)3-4-13(11)19-14-12(8-16)17-5-6-18-14/h3-7,9H,8,16H2,1-2H3. The number of benzene rings is 1. The van der Waals surface area contributed by atoms with Crippen molar-refractivity contribution in [3.05, 3.63) is 46.3 Å². The number of nitrogens with two attached hydrogens (primary N) is 1. The molecule has 0 aliphatic heterocycles. The molecule has 0 saturated heterocycles. The van der Waals surface area contributed by atoms with E-state index in [1.807, 2.05) is 12.1 Å². The SMILES string of the molecule is CC(C)c1cc(Br)ccc1Oc1nccnc1CN. The van der Waals surface area contributed by atoms with E-state index in [2.05, 4.69) is 45.8 Å². The Bertz CT molecular complexity index is 572. The van der Waals surface area contributed by atoms with Crippen molar-refractivity contribution in [3.63, 3.8) is 0 Å². The van der Waals surface area contributed by atoms with E-state index < -0.39 is 0 Å². The predicted octanol–water partition coefficient (Wildman–Crippen LogP) is 3.61. The van der Waals surface area contributed by atoms with Crippen molar-refractivity contribution in [2.45, 2.75) is 26.3 Å². The molecular formula is C14H16BrN3O. The summed E-state index contributed by atoms with van der Waals surface area (Å²) < 4.78 is 6.90. The molecule has 0 saturated carbocycles. The van der Waals surface area contributed by atoms with E-state index in [1.165, 1.54) is 0 Å². The molecule has 100 valence electrons. The van der Waals surface area contributed by atoms with Crippen LogP contribution in [0.1, 0.15) is 31.0 Å². The lowest BCUT2D eigenvalue weighted by Crippen LogP contribution is -2.04. The number of nitrogens with zero attached hydrogens (tertiary/aromatic N) is 2. The molecule has 0 atom stereocenters. The fourth-order valence-electron chi connectivity index (χ4n) is 1.75. The van der Waals surface area contributed by atoms with Gasteiger partial charge in [-0.15, -0.1) is 0 Å². The summed E-state index contributed by atoms with van der Waals surface area (Å²) in [5.41, 5.74) is 7.40. The van der Waals surface area contributed by atoms with Gasteiger partial charge in [0.25, 0.3) is 0 Å². The molecule has 0 bridgehead atoms. The lowest BCUT2D eigenvalue weighted by molar-refractivity contribution is 0.444. The quantitative estimate of drug-likeness (QED) is 0.934. The summed E-state index contributed by atoms with van der Waals surface area (Å²) in [5, 5.41) is 0. The monoisotopic (exact) mass is 321 g/mol. The minimum absolute atomic E-state index is 0.302. The average Bonchev–Trinajstić information content (AvgIpc) is 2.41. The van der Waals surface area contributed by atoms with Gasteiger partial charge >= 0.3 is 0 Å². The van der Waals surface area contributed by atoms with Crippen molar-refractivity contribution in [2.24, 2.45) is 5.73 Å². The Hall–Kier alpha value is -1.46. The van der Waals surface area contributed by atoms with Crippen LogP contribution in [-0.4, -0.2) is 9.97 Å². The van der Waals surface area contributed by atoms with Gasteiger partial charge in [-0.1, -0.05) is 29.8 Å². The number of rotatable bonds is 4. The normalized spacial score (nSPS) is 10.8. The minimum Gasteiger partial charge on any atom is -0.437 e. The highest BCUT2D eigenvalue weighted by atomic mass is 79.9. The largest absolute Gasteiger partial charge is 0.437 e. The van der Waals surface area contributed by atoms with E-state index >= 15 is 0 Å². The summed E-state index contributed by atoms with van der Waals surface area (Å²) >= 11 is 3.47. The third-order valence-corrected chi connectivity index (χ3v) is 3.22. The molecule has 4 nitrogen and oxygen atoms in total. The van der Waals surface area contributed by atoms with E-state index in [-0.39, 0.29) is 0 Å². The van der Waals surface area contributed by atoms with E-state index in [9.17, 15) is 0 Å². The Balaban J connectivity index is 2.38. The molecule has 0 fully saturated rings. The Labute approximate surface area is 121 Å². The van der Waals surface area contributed by atoms with Crippen LogP contribution in [0.3, 0.4) is 0 Å². The van der Waals surface area contributed by atoms with Gasteiger partial charge in [-0.25, -0.2) is 4.98 Å². The van der Waals surface area contributed by atoms with Gasteiger partial charge in [0.1, 0.15) is 11.4 Å². The van der Waals surface area contributed by atoms with E-state index in [4.69, 9.17) is 10.5 Å². The highest BCUT2D eigenvalue weighted by Crippen LogP contribution is 2.32. The summed E-state index contributed by atoms with van der Waals surface area (Å²) in [4.78, 5) is 8.35. The number of hydrogen-bond acceptors (Lipinski definition) is 4. The van der Waals surface area contributed by atoms with Crippen molar-refractivity contribution < 1.29 is 4.74 Å². The Morgan fingerprint density at radius 3 is 2.68 bits per heavy atom. The summed E-state index contributed by atoms with van der Waals surface area (Å²) in [6.45, 7) is 4.54. The molecule has 1 aromatic carbocycles. The third-order valence-electron chi connectivity index (χ3n) is 2.73. The number of aromatic nitrogens is 2. The van der Waals surface area contributed by atoms with Crippen LogP contribution in [0.25, 0.3) is 0 Å². The van der Waals surface area contributed by atoms with Crippen molar-refractivity contribution >= 4 is 15.9 Å². The molecule has 2 N–H and O–H groups in total. The molecule has 1 aromatic heterocycles. The van der Waals surface area contributed by atoms with Gasteiger partial charge in [0.2, 0.25) is 5.88 Å². The molecule has 0 unspecified atom stereocenters. The molecule has 0 amide bonds. The summed E-state index contributed by atoms with van der Waals surface area (Å²) in [6, 6.07) is 5.92. The van der Waals surface area contributed by atoms with Gasteiger partial charge in [0.05, 0.1) is 0 Å². The van der Waals surface area contributed by atoms with Crippen molar-refractivity contribution in [1.29, 1.82) is 0 Å². The number of hydrogen-bond donors (Lipinski definition) is 1.